The molecule has 55 heavy (non-hydrogen) atoms. The van der Waals surface area contributed by atoms with Gasteiger partial charge in [0, 0.05) is 27.9 Å². The summed E-state index contributed by atoms with van der Waals surface area (Å²) in [7, 11) is 0. The van der Waals surface area contributed by atoms with Crippen molar-refractivity contribution in [2.75, 3.05) is 4.90 Å². The summed E-state index contributed by atoms with van der Waals surface area (Å²) in [6, 6.07) is 65.9. The first kappa shape index (κ1) is 32.0. The molecular weight excluding hydrogens is 663 g/mol. The van der Waals surface area contributed by atoms with Crippen LogP contribution in [0.4, 0.5) is 17.1 Å². The second-order valence-corrected chi connectivity index (χ2v) is 16.5. The predicted molar refractivity (Wildman–Crippen MR) is 234 cm³/mol. The van der Waals surface area contributed by atoms with E-state index in [0.29, 0.717) is 0 Å². The van der Waals surface area contributed by atoms with Crippen molar-refractivity contribution < 1.29 is 0 Å². The van der Waals surface area contributed by atoms with E-state index in [1.165, 1.54) is 88.0 Å². The molecule has 0 bridgehead atoms. The Labute approximate surface area is 323 Å². The third-order valence-electron chi connectivity index (χ3n) is 12.9. The molecule has 0 aliphatic heterocycles. The number of hydrogen-bond acceptors (Lipinski definition) is 1. The minimum Gasteiger partial charge on any atom is -0.310 e. The lowest BCUT2D eigenvalue weighted by atomic mass is 9.81. The number of fused-ring (bicyclic) bond motifs is 12. The first-order chi connectivity index (χ1) is 26.8. The number of nitrogens with zero attached hydrogens (tertiary/aromatic N) is 1. The third kappa shape index (κ3) is 4.60. The van der Waals surface area contributed by atoms with Crippen molar-refractivity contribution in [2.24, 2.45) is 0 Å². The number of anilines is 3. The lowest BCUT2D eigenvalue weighted by molar-refractivity contribution is 0.660. The van der Waals surface area contributed by atoms with Gasteiger partial charge in [0.25, 0.3) is 0 Å². The Kier molecular flexibility index (Phi) is 6.72. The Morgan fingerprint density at radius 1 is 0.291 bits per heavy atom. The topological polar surface area (TPSA) is 3.24 Å². The third-order valence-corrected chi connectivity index (χ3v) is 12.9. The molecule has 0 heterocycles. The van der Waals surface area contributed by atoms with E-state index in [9.17, 15) is 0 Å². The minimum absolute atomic E-state index is 0.0364. The summed E-state index contributed by atoms with van der Waals surface area (Å²) in [6.07, 6.45) is 0. The van der Waals surface area contributed by atoms with Gasteiger partial charge in [0.1, 0.15) is 0 Å². The molecule has 0 fully saturated rings. The lowest BCUT2D eigenvalue weighted by Gasteiger charge is -2.29. The number of benzene rings is 9. The largest absolute Gasteiger partial charge is 0.310 e. The maximum atomic E-state index is 2.45. The number of rotatable bonds is 4. The smallest absolute Gasteiger partial charge is 0.0468 e. The van der Waals surface area contributed by atoms with E-state index in [4.69, 9.17) is 0 Å². The van der Waals surface area contributed by atoms with Crippen LogP contribution in [0.15, 0.2) is 176 Å². The summed E-state index contributed by atoms with van der Waals surface area (Å²) in [4.78, 5) is 2.45. The van der Waals surface area contributed by atoms with Crippen molar-refractivity contribution >= 4 is 49.4 Å². The van der Waals surface area contributed by atoms with E-state index in [0.717, 1.165) is 17.1 Å². The van der Waals surface area contributed by atoms with Crippen LogP contribution in [0.2, 0.25) is 0 Å². The van der Waals surface area contributed by atoms with Crippen molar-refractivity contribution in [3.05, 3.63) is 198 Å². The summed E-state index contributed by atoms with van der Waals surface area (Å²) in [5.74, 6) is 0. The van der Waals surface area contributed by atoms with Crippen LogP contribution in [-0.2, 0) is 10.8 Å². The summed E-state index contributed by atoms with van der Waals surface area (Å²) in [5, 5.41) is 7.70. The fourth-order valence-electron chi connectivity index (χ4n) is 10.0. The van der Waals surface area contributed by atoms with E-state index in [2.05, 4.69) is 209 Å². The van der Waals surface area contributed by atoms with Gasteiger partial charge >= 0.3 is 0 Å². The second-order valence-electron chi connectivity index (χ2n) is 16.5. The summed E-state index contributed by atoms with van der Waals surface area (Å²) in [5.41, 5.74) is 16.7. The molecule has 0 radical (unpaired) electrons. The Morgan fingerprint density at radius 3 is 1.29 bits per heavy atom. The molecule has 0 saturated heterocycles. The van der Waals surface area contributed by atoms with E-state index < -0.39 is 0 Å². The van der Waals surface area contributed by atoms with Crippen molar-refractivity contribution in [1.82, 2.24) is 0 Å². The Hall–Kier alpha value is -6.44. The fourth-order valence-corrected chi connectivity index (χ4v) is 10.0. The van der Waals surface area contributed by atoms with Crippen molar-refractivity contribution in [3.63, 3.8) is 0 Å². The molecule has 0 aromatic heterocycles. The fraction of sp³-hybridized carbons (Fsp3) is 0.111. The van der Waals surface area contributed by atoms with Gasteiger partial charge in [-0.05, 0) is 130 Å². The van der Waals surface area contributed by atoms with Crippen LogP contribution >= 0.6 is 0 Å². The zero-order valence-corrected chi connectivity index (χ0v) is 31.7. The van der Waals surface area contributed by atoms with E-state index in [-0.39, 0.29) is 10.8 Å². The first-order valence-electron chi connectivity index (χ1n) is 19.5. The van der Waals surface area contributed by atoms with Gasteiger partial charge in [-0.1, -0.05) is 161 Å². The van der Waals surface area contributed by atoms with Gasteiger partial charge in [-0.3, -0.25) is 0 Å². The standard InChI is InChI=1S/C54H41N/c1-53(2)49-19-11-9-17-44(49)46-28-23-35(31-51(46)53)34-21-24-36(25-22-34)55(38-27-30-47-45-18-10-12-20-50(45)54(3,4)52(47)33-38)37-26-29-43-41-15-6-5-13-39(41)40-14-7-8-16-42(40)48(43)32-37/h5-33H,1-4H3. The maximum Gasteiger partial charge on any atom is 0.0468 e. The van der Waals surface area contributed by atoms with Gasteiger partial charge < -0.3 is 4.90 Å². The predicted octanol–water partition coefficient (Wildman–Crippen LogP) is 14.9. The molecule has 0 saturated carbocycles. The molecule has 0 atom stereocenters. The zero-order chi connectivity index (χ0) is 37.1. The quantitative estimate of drug-likeness (QED) is 0.165. The van der Waals surface area contributed by atoms with Gasteiger partial charge in [0.05, 0.1) is 0 Å². The Bertz CT molecular complexity index is 3000. The van der Waals surface area contributed by atoms with Crippen LogP contribution in [0.1, 0.15) is 49.9 Å². The van der Waals surface area contributed by atoms with E-state index in [1.807, 2.05) is 0 Å². The van der Waals surface area contributed by atoms with E-state index in [1.54, 1.807) is 0 Å². The molecule has 2 aliphatic carbocycles. The van der Waals surface area contributed by atoms with Gasteiger partial charge in [0.15, 0.2) is 0 Å². The van der Waals surface area contributed by atoms with E-state index >= 15 is 0 Å². The molecule has 1 nitrogen and oxygen atoms in total. The molecule has 2 aliphatic rings. The average Bonchev–Trinajstić information content (AvgIpc) is 3.60. The maximum absolute atomic E-state index is 2.45. The average molecular weight is 704 g/mol. The highest BCUT2D eigenvalue weighted by Gasteiger charge is 2.37. The first-order valence-corrected chi connectivity index (χ1v) is 19.5. The normalized spacial score (nSPS) is 14.5. The van der Waals surface area contributed by atoms with Crippen molar-refractivity contribution in [1.29, 1.82) is 0 Å². The molecule has 262 valence electrons. The second kappa shape index (κ2) is 11.5. The Balaban J connectivity index is 1.08. The summed E-state index contributed by atoms with van der Waals surface area (Å²) < 4.78 is 0. The Morgan fingerprint density at radius 2 is 0.691 bits per heavy atom. The van der Waals surface area contributed by atoms with Gasteiger partial charge in [-0.25, -0.2) is 0 Å². The molecular formula is C54H41N. The van der Waals surface area contributed by atoms with Gasteiger partial charge in [0.2, 0.25) is 0 Å². The highest BCUT2D eigenvalue weighted by atomic mass is 15.1. The molecule has 9 aromatic rings. The molecule has 0 spiro atoms. The van der Waals surface area contributed by atoms with Crippen LogP contribution in [0, 0.1) is 0 Å². The van der Waals surface area contributed by atoms with Crippen LogP contribution < -0.4 is 4.90 Å². The highest BCUT2D eigenvalue weighted by molar-refractivity contribution is 6.25. The van der Waals surface area contributed by atoms with Crippen LogP contribution in [0.5, 0.6) is 0 Å². The molecule has 9 aromatic carbocycles. The molecule has 0 N–H and O–H groups in total. The summed E-state index contributed by atoms with van der Waals surface area (Å²) in [6.45, 7) is 9.44. The SMILES string of the molecule is CC1(C)c2ccccc2-c2ccc(-c3ccc(N(c4ccc5c(c4)C(C)(C)c4ccccc4-5)c4ccc5c6ccccc6c6ccccc6c5c4)cc3)cc21. The molecule has 0 amide bonds. The zero-order valence-electron chi connectivity index (χ0n) is 31.7. The number of hydrogen-bond donors (Lipinski definition) is 0. The minimum atomic E-state index is -0.100. The van der Waals surface area contributed by atoms with Gasteiger partial charge in [-0.2, -0.15) is 0 Å². The highest BCUT2D eigenvalue weighted by Crippen LogP contribution is 2.52. The molecule has 1 heteroatoms. The monoisotopic (exact) mass is 703 g/mol. The lowest BCUT2D eigenvalue weighted by Crippen LogP contribution is -2.16. The van der Waals surface area contributed by atoms with Gasteiger partial charge in [-0.15, -0.1) is 0 Å². The van der Waals surface area contributed by atoms with Crippen LogP contribution in [0.25, 0.3) is 65.7 Å². The van der Waals surface area contributed by atoms with Crippen molar-refractivity contribution in [2.45, 2.75) is 38.5 Å². The van der Waals surface area contributed by atoms with Crippen LogP contribution in [-0.4, -0.2) is 0 Å². The molecule has 0 unspecified atom stereocenters. The van der Waals surface area contributed by atoms with Crippen molar-refractivity contribution in [3.8, 4) is 33.4 Å². The van der Waals surface area contributed by atoms with Crippen LogP contribution in [0.3, 0.4) is 0 Å². The molecule has 11 rings (SSSR count). The summed E-state index contributed by atoms with van der Waals surface area (Å²) >= 11 is 0.